The van der Waals surface area contributed by atoms with Crippen molar-refractivity contribution in [3.05, 3.63) is 25.3 Å². The summed E-state index contributed by atoms with van der Waals surface area (Å²) >= 11 is 0. The second-order valence-electron chi connectivity index (χ2n) is 2.33. The molecule has 0 radical (unpaired) electrons. The Hall–Kier alpha value is -0.600. The Morgan fingerprint density at radius 1 is 1.45 bits per heavy atom. The Balaban J connectivity index is 3.34. The third kappa shape index (κ3) is 5.83. The number of aliphatic hydroxyl groups excluding tert-OH is 1. The van der Waals surface area contributed by atoms with E-state index >= 15 is 0 Å². The summed E-state index contributed by atoms with van der Waals surface area (Å²) in [5.41, 5.74) is 0. The molecule has 0 saturated heterocycles. The first-order chi connectivity index (χ1) is 5.35. The lowest BCUT2D eigenvalue weighted by Gasteiger charge is -2.09. The molecule has 0 amide bonds. The molecule has 11 heavy (non-hydrogen) atoms. The van der Waals surface area contributed by atoms with Crippen LogP contribution in [0.15, 0.2) is 25.3 Å². The van der Waals surface area contributed by atoms with Gasteiger partial charge in [0.05, 0.1) is 13.2 Å². The van der Waals surface area contributed by atoms with Crippen LogP contribution in [0.2, 0.25) is 0 Å². The highest BCUT2D eigenvalue weighted by atomic mass is 16.5. The molecule has 2 heteroatoms. The van der Waals surface area contributed by atoms with E-state index < -0.39 is 0 Å². The predicted molar refractivity (Wildman–Crippen MR) is 46.4 cm³/mol. The normalized spacial score (nSPS) is 12.5. The minimum atomic E-state index is 0.189. The second-order valence-corrected chi connectivity index (χ2v) is 2.33. The molecule has 0 heterocycles. The van der Waals surface area contributed by atoms with Crippen molar-refractivity contribution in [1.82, 2.24) is 0 Å². The summed E-state index contributed by atoms with van der Waals surface area (Å²) < 4.78 is 5.19. The van der Waals surface area contributed by atoms with Crippen LogP contribution in [0.1, 0.15) is 6.42 Å². The predicted octanol–water partition coefficient (Wildman–Crippen LogP) is 1.37. The SMILES string of the molecule is C=CCOCC(C=C)CCO. The van der Waals surface area contributed by atoms with Crippen molar-refractivity contribution < 1.29 is 9.84 Å². The van der Waals surface area contributed by atoms with E-state index in [9.17, 15) is 0 Å². The highest BCUT2D eigenvalue weighted by molar-refractivity contribution is 4.78. The van der Waals surface area contributed by atoms with E-state index in [1.165, 1.54) is 0 Å². The molecule has 0 fully saturated rings. The van der Waals surface area contributed by atoms with Gasteiger partial charge in [0.1, 0.15) is 0 Å². The zero-order valence-corrected chi connectivity index (χ0v) is 6.83. The summed E-state index contributed by atoms with van der Waals surface area (Å²) in [6, 6.07) is 0. The highest BCUT2D eigenvalue weighted by Crippen LogP contribution is 2.03. The van der Waals surface area contributed by atoms with Crippen molar-refractivity contribution in [2.24, 2.45) is 5.92 Å². The standard InChI is InChI=1S/C9H16O2/c1-3-7-11-8-9(4-2)5-6-10/h3-4,9-10H,1-2,5-8H2. The van der Waals surface area contributed by atoms with E-state index in [2.05, 4.69) is 13.2 Å². The topological polar surface area (TPSA) is 29.5 Å². The molecule has 1 atom stereocenters. The summed E-state index contributed by atoms with van der Waals surface area (Å²) in [5, 5.41) is 8.60. The van der Waals surface area contributed by atoms with Gasteiger partial charge >= 0.3 is 0 Å². The molecule has 0 saturated carbocycles. The van der Waals surface area contributed by atoms with Gasteiger partial charge in [0.2, 0.25) is 0 Å². The van der Waals surface area contributed by atoms with Crippen LogP contribution >= 0.6 is 0 Å². The van der Waals surface area contributed by atoms with Crippen LogP contribution in [-0.4, -0.2) is 24.9 Å². The zero-order valence-electron chi connectivity index (χ0n) is 6.83. The maximum absolute atomic E-state index is 8.60. The number of hydrogen-bond donors (Lipinski definition) is 1. The molecule has 0 spiro atoms. The van der Waals surface area contributed by atoms with Gasteiger partial charge in [-0.3, -0.25) is 0 Å². The third-order valence-corrected chi connectivity index (χ3v) is 1.40. The van der Waals surface area contributed by atoms with E-state index in [0.29, 0.717) is 13.2 Å². The fourth-order valence-corrected chi connectivity index (χ4v) is 0.738. The molecule has 64 valence electrons. The van der Waals surface area contributed by atoms with E-state index in [0.717, 1.165) is 6.42 Å². The van der Waals surface area contributed by atoms with Crippen LogP contribution in [0.5, 0.6) is 0 Å². The van der Waals surface area contributed by atoms with Crippen LogP contribution < -0.4 is 0 Å². The van der Waals surface area contributed by atoms with Gasteiger partial charge in [-0.25, -0.2) is 0 Å². The Morgan fingerprint density at radius 2 is 2.18 bits per heavy atom. The molecule has 0 aromatic rings. The van der Waals surface area contributed by atoms with Gasteiger partial charge in [-0.15, -0.1) is 13.2 Å². The monoisotopic (exact) mass is 156 g/mol. The van der Waals surface area contributed by atoms with Crippen LogP contribution in [0.4, 0.5) is 0 Å². The number of hydrogen-bond acceptors (Lipinski definition) is 2. The van der Waals surface area contributed by atoms with Gasteiger partial charge in [-0.2, -0.15) is 0 Å². The zero-order chi connectivity index (χ0) is 8.53. The van der Waals surface area contributed by atoms with Gasteiger partial charge in [0.25, 0.3) is 0 Å². The average molecular weight is 156 g/mol. The van der Waals surface area contributed by atoms with Crippen LogP contribution in [0.25, 0.3) is 0 Å². The van der Waals surface area contributed by atoms with E-state index in [-0.39, 0.29) is 12.5 Å². The third-order valence-electron chi connectivity index (χ3n) is 1.40. The smallest absolute Gasteiger partial charge is 0.0645 e. The minimum Gasteiger partial charge on any atom is -0.396 e. The first-order valence-corrected chi connectivity index (χ1v) is 3.77. The Kier molecular flexibility index (Phi) is 7.10. The van der Waals surface area contributed by atoms with Gasteiger partial charge in [0.15, 0.2) is 0 Å². The summed E-state index contributed by atoms with van der Waals surface area (Å²) in [7, 11) is 0. The lowest BCUT2D eigenvalue weighted by molar-refractivity contribution is 0.125. The van der Waals surface area contributed by atoms with Crippen molar-refractivity contribution in [3.8, 4) is 0 Å². The molecular formula is C9H16O2. The highest BCUT2D eigenvalue weighted by Gasteiger charge is 2.01. The molecule has 0 aromatic carbocycles. The fourth-order valence-electron chi connectivity index (χ4n) is 0.738. The summed E-state index contributed by atoms with van der Waals surface area (Å²) in [6.07, 6.45) is 4.24. The van der Waals surface area contributed by atoms with Crippen molar-refractivity contribution in [2.45, 2.75) is 6.42 Å². The molecule has 0 aromatic heterocycles. The Morgan fingerprint density at radius 3 is 2.64 bits per heavy atom. The lowest BCUT2D eigenvalue weighted by atomic mass is 10.1. The molecule has 0 aliphatic carbocycles. The molecule has 0 bridgehead atoms. The molecular weight excluding hydrogens is 140 g/mol. The molecule has 1 N–H and O–H groups in total. The van der Waals surface area contributed by atoms with Gasteiger partial charge in [-0.1, -0.05) is 12.2 Å². The van der Waals surface area contributed by atoms with Crippen molar-refractivity contribution in [2.75, 3.05) is 19.8 Å². The second kappa shape index (κ2) is 7.51. The average Bonchev–Trinajstić information content (AvgIpc) is 2.03. The number of aliphatic hydroxyl groups is 1. The lowest BCUT2D eigenvalue weighted by Crippen LogP contribution is -2.08. The maximum atomic E-state index is 8.60. The number of ether oxygens (including phenoxy) is 1. The van der Waals surface area contributed by atoms with Crippen molar-refractivity contribution >= 4 is 0 Å². The van der Waals surface area contributed by atoms with E-state index in [4.69, 9.17) is 9.84 Å². The van der Waals surface area contributed by atoms with Crippen LogP contribution in [-0.2, 0) is 4.74 Å². The number of rotatable bonds is 7. The molecule has 0 aliphatic heterocycles. The Bertz CT molecular complexity index is 110. The van der Waals surface area contributed by atoms with Crippen LogP contribution in [0, 0.1) is 5.92 Å². The van der Waals surface area contributed by atoms with Gasteiger partial charge in [0, 0.05) is 12.5 Å². The molecule has 0 rings (SSSR count). The van der Waals surface area contributed by atoms with Crippen molar-refractivity contribution in [1.29, 1.82) is 0 Å². The molecule has 2 nitrogen and oxygen atoms in total. The summed E-state index contributed by atoms with van der Waals surface area (Å²) in [4.78, 5) is 0. The molecule has 1 unspecified atom stereocenters. The Labute approximate surface area is 68.2 Å². The quantitative estimate of drug-likeness (QED) is 0.445. The first kappa shape index (κ1) is 10.4. The van der Waals surface area contributed by atoms with Crippen molar-refractivity contribution in [3.63, 3.8) is 0 Å². The molecule has 0 aliphatic rings. The van der Waals surface area contributed by atoms with E-state index in [1.54, 1.807) is 12.2 Å². The summed E-state index contributed by atoms with van der Waals surface area (Å²) in [5.74, 6) is 0.264. The van der Waals surface area contributed by atoms with Gasteiger partial charge < -0.3 is 9.84 Å². The largest absolute Gasteiger partial charge is 0.396 e. The van der Waals surface area contributed by atoms with E-state index in [1.807, 2.05) is 0 Å². The van der Waals surface area contributed by atoms with Gasteiger partial charge in [-0.05, 0) is 6.42 Å². The maximum Gasteiger partial charge on any atom is 0.0645 e. The summed E-state index contributed by atoms with van der Waals surface area (Å²) in [6.45, 7) is 8.55. The first-order valence-electron chi connectivity index (χ1n) is 3.77. The van der Waals surface area contributed by atoms with Crippen LogP contribution in [0.3, 0.4) is 0 Å². The fraction of sp³-hybridized carbons (Fsp3) is 0.556. The minimum absolute atomic E-state index is 0.189.